The minimum atomic E-state index is -0.615. The molecule has 0 bridgehead atoms. The third kappa shape index (κ3) is 4.83. The molecule has 0 spiro atoms. The summed E-state index contributed by atoms with van der Waals surface area (Å²) in [6.07, 6.45) is 3.10. The van der Waals surface area contributed by atoms with E-state index in [0.717, 1.165) is 11.3 Å². The third-order valence-corrected chi connectivity index (χ3v) is 3.60. The fourth-order valence-electron chi connectivity index (χ4n) is 1.74. The van der Waals surface area contributed by atoms with Crippen LogP contribution in [-0.2, 0) is 20.9 Å². The Kier molecular flexibility index (Phi) is 6.19. The Morgan fingerprint density at radius 3 is 2.70 bits per heavy atom. The highest BCUT2D eigenvalue weighted by molar-refractivity contribution is 7.98. The van der Waals surface area contributed by atoms with Gasteiger partial charge < -0.3 is 19.2 Å². The summed E-state index contributed by atoms with van der Waals surface area (Å²) in [6.45, 7) is -0.227. The smallest absolute Gasteiger partial charge is 0.360 e. The van der Waals surface area contributed by atoms with E-state index in [4.69, 9.17) is 9.15 Å². The molecule has 1 aromatic heterocycles. The van der Waals surface area contributed by atoms with E-state index in [1.165, 1.54) is 7.11 Å². The lowest BCUT2D eigenvalue weighted by Gasteiger charge is -2.06. The number of oxazole rings is 1. The molecule has 1 aromatic carbocycles. The van der Waals surface area contributed by atoms with Crippen LogP contribution < -0.4 is 5.32 Å². The SMILES string of the molecule is COC(=O)c1ncoc1COCC(=O)Nc1ccc(SC)cc1. The van der Waals surface area contributed by atoms with E-state index in [9.17, 15) is 9.59 Å². The molecule has 1 N–H and O–H groups in total. The normalized spacial score (nSPS) is 10.3. The molecule has 0 fully saturated rings. The maximum Gasteiger partial charge on any atom is 0.360 e. The van der Waals surface area contributed by atoms with Crippen LogP contribution in [0.4, 0.5) is 5.69 Å². The second-order valence-electron chi connectivity index (χ2n) is 4.39. The van der Waals surface area contributed by atoms with Gasteiger partial charge in [-0.25, -0.2) is 9.78 Å². The van der Waals surface area contributed by atoms with Crippen molar-refractivity contribution >= 4 is 29.3 Å². The van der Waals surface area contributed by atoms with E-state index in [0.29, 0.717) is 5.69 Å². The summed E-state index contributed by atoms with van der Waals surface area (Å²) in [5, 5.41) is 2.71. The van der Waals surface area contributed by atoms with Gasteiger partial charge in [-0.2, -0.15) is 0 Å². The van der Waals surface area contributed by atoms with Gasteiger partial charge in [0.25, 0.3) is 0 Å². The van der Waals surface area contributed by atoms with Crippen molar-refractivity contribution in [1.82, 2.24) is 4.98 Å². The zero-order valence-corrected chi connectivity index (χ0v) is 13.5. The van der Waals surface area contributed by atoms with E-state index in [2.05, 4.69) is 15.0 Å². The van der Waals surface area contributed by atoms with E-state index < -0.39 is 5.97 Å². The Morgan fingerprint density at radius 1 is 1.30 bits per heavy atom. The van der Waals surface area contributed by atoms with Crippen LogP contribution in [0, 0.1) is 0 Å². The summed E-state index contributed by atoms with van der Waals surface area (Å²) in [6, 6.07) is 7.46. The number of thioether (sulfide) groups is 1. The standard InChI is InChI=1S/C15H16N2O5S/c1-20-15(19)14-12(22-9-16-14)7-21-8-13(18)17-10-3-5-11(23-2)6-4-10/h3-6,9H,7-8H2,1-2H3,(H,17,18). The van der Waals surface area contributed by atoms with Crippen molar-refractivity contribution in [1.29, 1.82) is 0 Å². The molecule has 0 aliphatic heterocycles. The van der Waals surface area contributed by atoms with Gasteiger partial charge in [0.2, 0.25) is 5.91 Å². The summed E-state index contributed by atoms with van der Waals surface area (Å²) in [4.78, 5) is 28.1. The zero-order valence-electron chi connectivity index (χ0n) is 12.7. The number of hydrogen-bond donors (Lipinski definition) is 1. The molecule has 0 aliphatic carbocycles. The first-order valence-electron chi connectivity index (χ1n) is 6.66. The molecule has 0 aliphatic rings. The van der Waals surface area contributed by atoms with Gasteiger partial charge in [-0.15, -0.1) is 11.8 Å². The van der Waals surface area contributed by atoms with Crippen molar-refractivity contribution in [2.45, 2.75) is 11.5 Å². The van der Waals surface area contributed by atoms with Gasteiger partial charge in [0, 0.05) is 10.6 Å². The molecule has 122 valence electrons. The maximum absolute atomic E-state index is 11.8. The fourth-order valence-corrected chi connectivity index (χ4v) is 2.15. The van der Waals surface area contributed by atoms with Crippen LogP contribution in [0.25, 0.3) is 0 Å². The molecule has 1 amide bonds. The molecule has 2 aromatic rings. The number of anilines is 1. The lowest BCUT2D eigenvalue weighted by atomic mass is 10.3. The van der Waals surface area contributed by atoms with Gasteiger partial charge in [0.15, 0.2) is 17.8 Å². The fraction of sp³-hybridized carbons (Fsp3) is 0.267. The predicted molar refractivity (Wildman–Crippen MR) is 84.4 cm³/mol. The van der Waals surface area contributed by atoms with Crippen LogP contribution in [0.2, 0.25) is 0 Å². The number of methoxy groups -OCH3 is 1. The number of carbonyl (C=O) groups excluding carboxylic acids is 2. The average Bonchev–Trinajstić information content (AvgIpc) is 3.03. The van der Waals surface area contributed by atoms with E-state index >= 15 is 0 Å². The number of benzene rings is 1. The van der Waals surface area contributed by atoms with Crippen molar-refractivity contribution < 1.29 is 23.5 Å². The Morgan fingerprint density at radius 2 is 2.04 bits per heavy atom. The van der Waals surface area contributed by atoms with Crippen molar-refractivity contribution in [3.63, 3.8) is 0 Å². The molecule has 1 heterocycles. The molecule has 0 atom stereocenters. The number of ether oxygens (including phenoxy) is 2. The van der Waals surface area contributed by atoms with Crippen LogP contribution in [0.15, 0.2) is 40.0 Å². The van der Waals surface area contributed by atoms with Gasteiger partial charge >= 0.3 is 5.97 Å². The van der Waals surface area contributed by atoms with E-state index in [-0.39, 0.29) is 30.6 Å². The van der Waals surface area contributed by atoms with Crippen molar-refractivity contribution in [3.8, 4) is 0 Å². The van der Waals surface area contributed by atoms with Crippen molar-refractivity contribution in [2.24, 2.45) is 0 Å². The largest absolute Gasteiger partial charge is 0.464 e. The quantitative estimate of drug-likeness (QED) is 0.613. The summed E-state index contributed by atoms with van der Waals surface area (Å²) in [5.41, 5.74) is 0.729. The third-order valence-electron chi connectivity index (χ3n) is 2.86. The zero-order chi connectivity index (χ0) is 16.7. The van der Waals surface area contributed by atoms with Gasteiger partial charge in [-0.05, 0) is 30.5 Å². The number of amides is 1. The first kappa shape index (κ1) is 17.0. The van der Waals surface area contributed by atoms with Crippen LogP contribution >= 0.6 is 11.8 Å². The Bertz CT molecular complexity index is 669. The van der Waals surface area contributed by atoms with Crippen molar-refractivity contribution in [3.05, 3.63) is 42.1 Å². The minimum absolute atomic E-state index is 0.0422. The number of hydrogen-bond acceptors (Lipinski definition) is 7. The number of rotatable bonds is 7. The number of carbonyl (C=O) groups is 2. The van der Waals surface area contributed by atoms with Crippen LogP contribution in [0.5, 0.6) is 0 Å². The van der Waals surface area contributed by atoms with Crippen LogP contribution in [0.1, 0.15) is 16.2 Å². The Labute approximate surface area is 137 Å². The number of aromatic nitrogens is 1. The summed E-state index contributed by atoms with van der Waals surface area (Å²) >= 11 is 1.62. The molecular formula is C15H16N2O5S. The van der Waals surface area contributed by atoms with Gasteiger partial charge in [-0.3, -0.25) is 4.79 Å². The predicted octanol–water partition coefficient (Wildman–Crippen LogP) is 2.34. The van der Waals surface area contributed by atoms with Crippen LogP contribution in [-0.4, -0.2) is 36.8 Å². The number of nitrogens with one attached hydrogen (secondary N) is 1. The lowest BCUT2D eigenvalue weighted by Crippen LogP contribution is -2.18. The number of esters is 1. The highest BCUT2D eigenvalue weighted by Gasteiger charge is 2.17. The van der Waals surface area contributed by atoms with E-state index in [1.54, 1.807) is 11.8 Å². The first-order chi connectivity index (χ1) is 11.1. The van der Waals surface area contributed by atoms with Crippen molar-refractivity contribution in [2.75, 3.05) is 25.3 Å². The second-order valence-corrected chi connectivity index (χ2v) is 5.26. The van der Waals surface area contributed by atoms with Gasteiger partial charge in [-0.1, -0.05) is 0 Å². The van der Waals surface area contributed by atoms with Gasteiger partial charge in [0.05, 0.1) is 7.11 Å². The summed E-state index contributed by atoms with van der Waals surface area (Å²) in [5.74, 6) is -0.703. The molecule has 23 heavy (non-hydrogen) atoms. The molecule has 7 nitrogen and oxygen atoms in total. The molecule has 0 saturated carbocycles. The molecular weight excluding hydrogens is 320 g/mol. The molecule has 0 unspecified atom stereocenters. The second kappa shape index (κ2) is 8.35. The Balaban J connectivity index is 1.80. The monoisotopic (exact) mass is 336 g/mol. The molecule has 2 rings (SSSR count). The molecule has 0 radical (unpaired) electrons. The topological polar surface area (TPSA) is 90.7 Å². The highest BCUT2D eigenvalue weighted by Crippen LogP contribution is 2.17. The summed E-state index contributed by atoms with van der Waals surface area (Å²) in [7, 11) is 1.25. The Hall–Kier alpha value is -2.32. The molecule has 8 heteroatoms. The lowest BCUT2D eigenvalue weighted by molar-refractivity contribution is -0.121. The highest BCUT2D eigenvalue weighted by atomic mass is 32.2. The van der Waals surface area contributed by atoms with Gasteiger partial charge in [0.1, 0.15) is 13.2 Å². The minimum Gasteiger partial charge on any atom is -0.464 e. The number of nitrogens with zero attached hydrogens (tertiary/aromatic N) is 1. The average molecular weight is 336 g/mol. The maximum atomic E-state index is 11.8. The van der Waals surface area contributed by atoms with Crippen LogP contribution in [0.3, 0.4) is 0 Å². The van der Waals surface area contributed by atoms with E-state index in [1.807, 2.05) is 30.5 Å². The first-order valence-corrected chi connectivity index (χ1v) is 7.89. The summed E-state index contributed by atoms with van der Waals surface area (Å²) < 4.78 is 14.8. The molecule has 0 saturated heterocycles.